The minimum Gasteiger partial charge on any atom is -0.497 e. The maximum absolute atomic E-state index is 5.73. The van der Waals surface area contributed by atoms with E-state index < -0.39 is 0 Å². The van der Waals surface area contributed by atoms with Crippen LogP contribution in [0.3, 0.4) is 0 Å². The molecule has 1 unspecified atom stereocenters. The van der Waals surface area contributed by atoms with Crippen LogP contribution in [-0.4, -0.2) is 24.0 Å². The zero-order valence-corrected chi connectivity index (χ0v) is 12.0. The summed E-state index contributed by atoms with van der Waals surface area (Å²) in [5.74, 6) is 7.18. The summed E-state index contributed by atoms with van der Waals surface area (Å²) in [6.07, 6.45) is 1.76. The number of nitrogens with zero attached hydrogens (tertiary/aromatic N) is 2. The third kappa shape index (κ3) is 2.76. The number of methoxy groups -OCH3 is 2. The number of ether oxygens (including phenoxy) is 2. The molecule has 1 heterocycles. The van der Waals surface area contributed by atoms with Crippen molar-refractivity contribution < 1.29 is 9.47 Å². The van der Waals surface area contributed by atoms with E-state index >= 15 is 0 Å². The van der Waals surface area contributed by atoms with Gasteiger partial charge in [0.15, 0.2) is 0 Å². The van der Waals surface area contributed by atoms with Crippen molar-refractivity contribution in [1.82, 2.24) is 15.2 Å². The highest BCUT2D eigenvalue weighted by atomic mass is 16.5. The van der Waals surface area contributed by atoms with Crippen molar-refractivity contribution in [3.8, 4) is 11.5 Å². The highest BCUT2D eigenvalue weighted by molar-refractivity contribution is 5.42. The maximum Gasteiger partial charge on any atom is 0.122 e. The Balaban J connectivity index is 2.46. The van der Waals surface area contributed by atoms with Gasteiger partial charge in [-0.2, -0.15) is 5.10 Å². The molecule has 0 aliphatic rings. The fourth-order valence-electron chi connectivity index (χ4n) is 2.20. The van der Waals surface area contributed by atoms with Gasteiger partial charge in [-0.15, -0.1) is 0 Å². The molecular weight excluding hydrogens is 256 g/mol. The summed E-state index contributed by atoms with van der Waals surface area (Å²) < 4.78 is 12.5. The summed E-state index contributed by atoms with van der Waals surface area (Å²) in [7, 11) is 3.25. The molecular formula is C14H20N4O2. The second kappa shape index (κ2) is 6.40. The number of nitrogens with two attached hydrogens (primary N) is 1. The van der Waals surface area contributed by atoms with E-state index in [2.05, 4.69) is 10.5 Å². The fourth-order valence-corrected chi connectivity index (χ4v) is 2.20. The molecule has 1 atom stereocenters. The van der Waals surface area contributed by atoms with Crippen LogP contribution in [0.1, 0.15) is 24.2 Å². The van der Waals surface area contributed by atoms with Crippen molar-refractivity contribution in [3.63, 3.8) is 0 Å². The van der Waals surface area contributed by atoms with Gasteiger partial charge in [-0.1, -0.05) is 0 Å². The lowest BCUT2D eigenvalue weighted by atomic mass is 10.0. The Labute approximate surface area is 118 Å². The van der Waals surface area contributed by atoms with Crippen LogP contribution in [0.5, 0.6) is 11.5 Å². The topological polar surface area (TPSA) is 74.3 Å². The van der Waals surface area contributed by atoms with Gasteiger partial charge in [-0.3, -0.25) is 10.5 Å². The van der Waals surface area contributed by atoms with Gasteiger partial charge in [0.2, 0.25) is 0 Å². The Morgan fingerprint density at radius 1 is 1.25 bits per heavy atom. The largest absolute Gasteiger partial charge is 0.497 e. The van der Waals surface area contributed by atoms with E-state index in [1.165, 1.54) is 0 Å². The molecule has 0 aliphatic carbocycles. The molecule has 6 nitrogen and oxygen atoms in total. The molecule has 0 spiro atoms. The minimum absolute atomic E-state index is 0.179. The highest BCUT2D eigenvalue weighted by Crippen LogP contribution is 2.29. The Hall–Kier alpha value is -2.05. The SMILES string of the molecule is CCn1nccc1C(NN)c1cc(OC)cc(OC)c1. The number of rotatable bonds is 6. The molecule has 20 heavy (non-hydrogen) atoms. The Morgan fingerprint density at radius 3 is 2.40 bits per heavy atom. The van der Waals surface area contributed by atoms with Crippen LogP contribution in [0.25, 0.3) is 0 Å². The molecule has 0 amide bonds. The van der Waals surface area contributed by atoms with Gasteiger partial charge < -0.3 is 9.47 Å². The van der Waals surface area contributed by atoms with Crippen molar-refractivity contribution in [1.29, 1.82) is 0 Å². The third-order valence-electron chi connectivity index (χ3n) is 3.22. The molecule has 0 saturated carbocycles. The molecule has 1 aromatic heterocycles. The molecule has 2 aromatic rings. The smallest absolute Gasteiger partial charge is 0.122 e. The summed E-state index contributed by atoms with van der Waals surface area (Å²) in [5, 5.41) is 4.27. The molecule has 1 aromatic carbocycles. The van der Waals surface area contributed by atoms with Crippen LogP contribution < -0.4 is 20.7 Å². The first-order chi connectivity index (χ1) is 9.73. The normalized spacial score (nSPS) is 12.2. The molecule has 6 heteroatoms. The van der Waals surface area contributed by atoms with E-state index in [1.807, 2.05) is 35.9 Å². The van der Waals surface area contributed by atoms with Crippen molar-refractivity contribution in [2.75, 3.05) is 14.2 Å². The zero-order valence-electron chi connectivity index (χ0n) is 12.0. The zero-order chi connectivity index (χ0) is 14.5. The van der Waals surface area contributed by atoms with Gasteiger partial charge >= 0.3 is 0 Å². The molecule has 0 saturated heterocycles. The second-order valence-corrected chi connectivity index (χ2v) is 4.32. The number of hydrazine groups is 1. The predicted octanol–water partition coefficient (Wildman–Crippen LogP) is 1.47. The first-order valence-corrected chi connectivity index (χ1v) is 6.44. The van der Waals surface area contributed by atoms with Gasteiger partial charge in [0.05, 0.1) is 26.0 Å². The molecule has 0 fully saturated rings. The number of hydrogen-bond donors (Lipinski definition) is 2. The van der Waals surface area contributed by atoms with E-state index in [0.717, 1.165) is 29.3 Å². The molecule has 0 bridgehead atoms. The van der Waals surface area contributed by atoms with Crippen LogP contribution >= 0.6 is 0 Å². The number of hydrogen-bond acceptors (Lipinski definition) is 5. The number of nitrogens with one attached hydrogen (secondary N) is 1. The van der Waals surface area contributed by atoms with Gasteiger partial charge in [0.25, 0.3) is 0 Å². The van der Waals surface area contributed by atoms with Crippen molar-refractivity contribution in [3.05, 3.63) is 41.7 Å². The fraction of sp³-hybridized carbons (Fsp3) is 0.357. The third-order valence-corrected chi connectivity index (χ3v) is 3.22. The van der Waals surface area contributed by atoms with E-state index in [1.54, 1.807) is 20.4 Å². The van der Waals surface area contributed by atoms with Crippen LogP contribution in [-0.2, 0) is 6.54 Å². The Kier molecular flexibility index (Phi) is 4.60. The van der Waals surface area contributed by atoms with Crippen LogP contribution in [0.2, 0.25) is 0 Å². The summed E-state index contributed by atoms with van der Waals surface area (Å²) in [6, 6.07) is 7.45. The molecule has 108 valence electrons. The van der Waals surface area contributed by atoms with Crippen LogP contribution in [0.15, 0.2) is 30.5 Å². The van der Waals surface area contributed by atoms with Crippen LogP contribution in [0, 0.1) is 0 Å². The van der Waals surface area contributed by atoms with E-state index in [0.29, 0.717) is 0 Å². The standard InChI is InChI=1S/C14H20N4O2/c1-4-18-13(5-6-16-18)14(17-15)10-7-11(19-2)9-12(8-10)20-3/h5-9,14,17H,4,15H2,1-3H3. The van der Waals surface area contributed by atoms with E-state index in [-0.39, 0.29) is 6.04 Å². The average molecular weight is 276 g/mol. The number of aromatic nitrogens is 2. The average Bonchev–Trinajstić information content (AvgIpc) is 2.96. The number of aryl methyl sites for hydroxylation is 1. The number of benzene rings is 1. The second-order valence-electron chi connectivity index (χ2n) is 4.32. The first-order valence-electron chi connectivity index (χ1n) is 6.44. The lowest BCUT2D eigenvalue weighted by molar-refractivity contribution is 0.392. The van der Waals surface area contributed by atoms with E-state index in [4.69, 9.17) is 15.3 Å². The predicted molar refractivity (Wildman–Crippen MR) is 76.6 cm³/mol. The summed E-state index contributed by atoms with van der Waals surface area (Å²) in [6.45, 7) is 2.82. The first kappa shape index (κ1) is 14.4. The quantitative estimate of drug-likeness (QED) is 0.617. The van der Waals surface area contributed by atoms with Crippen molar-refractivity contribution in [2.45, 2.75) is 19.5 Å². The van der Waals surface area contributed by atoms with Crippen LogP contribution in [0.4, 0.5) is 0 Å². The Morgan fingerprint density at radius 2 is 1.90 bits per heavy atom. The monoisotopic (exact) mass is 276 g/mol. The lowest BCUT2D eigenvalue weighted by Gasteiger charge is -2.19. The van der Waals surface area contributed by atoms with Gasteiger partial charge in [-0.25, -0.2) is 5.43 Å². The summed E-state index contributed by atoms with van der Waals surface area (Å²) in [4.78, 5) is 0. The van der Waals surface area contributed by atoms with Gasteiger partial charge in [0.1, 0.15) is 11.5 Å². The molecule has 0 aliphatic heterocycles. The van der Waals surface area contributed by atoms with E-state index in [9.17, 15) is 0 Å². The molecule has 2 rings (SSSR count). The lowest BCUT2D eigenvalue weighted by Crippen LogP contribution is -2.30. The maximum atomic E-state index is 5.73. The van der Waals surface area contributed by atoms with Gasteiger partial charge in [0, 0.05) is 18.8 Å². The summed E-state index contributed by atoms with van der Waals surface area (Å²) in [5.41, 5.74) is 4.77. The highest BCUT2D eigenvalue weighted by Gasteiger charge is 2.18. The molecule has 3 N–H and O–H groups in total. The minimum atomic E-state index is -0.179. The van der Waals surface area contributed by atoms with Crippen molar-refractivity contribution >= 4 is 0 Å². The Bertz CT molecular complexity index is 546. The molecule has 0 radical (unpaired) electrons. The van der Waals surface area contributed by atoms with Gasteiger partial charge in [-0.05, 0) is 30.7 Å². The van der Waals surface area contributed by atoms with Crippen molar-refractivity contribution in [2.24, 2.45) is 5.84 Å². The summed E-state index contributed by atoms with van der Waals surface area (Å²) >= 11 is 0.